The summed E-state index contributed by atoms with van der Waals surface area (Å²) in [5, 5.41) is 0. The molecule has 2 unspecified atom stereocenters. The van der Waals surface area contributed by atoms with Gasteiger partial charge in [0.1, 0.15) is 0 Å². The van der Waals surface area contributed by atoms with Crippen molar-refractivity contribution in [2.45, 2.75) is 33.6 Å². The molecule has 0 radical (unpaired) electrons. The lowest BCUT2D eigenvalue weighted by atomic mass is 9.73. The molecule has 0 saturated carbocycles. The molecule has 29 heavy (non-hydrogen) atoms. The maximum Gasteiger partial charge on any atom is 0.0701 e. The van der Waals surface area contributed by atoms with Gasteiger partial charge in [-0.25, -0.2) is 0 Å². The second kappa shape index (κ2) is 10.6. The highest BCUT2D eigenvalue weighted by atomic mass is 14.7. The van der Waals surface area contributed by atoms with Crippen LogP contribution in [0.4, 0.5) is 0 Å². The molecule has 1 aromatic carbocycles. The lowest BCUT2D eigenvalue weighted by molar-refractivity contribution is 0.566. The van der Waals surface area contributed by atoms with Crippen LogP contribution in [0.2, 0.25) is 0 Å². The number of nitrogens with zero attached hydrogens (tertiary/aromatic N) is 1. The molecule has 0 saturated heterocycles. The standard InChI is InChI=1S/C28H33N/c1-8-11-15-21(5)22(6)26-19-18-25(23(7)24-16-13-12-14-17-24)27(20(4)9-2)28(26)29-10-3/h8,10-17,19-20,25H,1,5-7,9,18H2,2-4H3/b15-11-,29-10-. The van der Waals surface area contributed by atoms with Crippen molar-refractivity contribution in [1.82, 2.24) is 0 Å². The molecule has 0 aromatic heterocycles. The van der Waals surface area contributed by atoms with Gasteiger partial charge in [-0.15, -0.1) is 0 Å². The van der Waals surface area contributed by atoms with Gasteiger partial charge in [0, 0.05) is 17.7 Å². The Hall–Kier alpha value is -2.93. The maximum absolute atomic E-state index is 4.82. The summed E-state index contributed by atoms with van der Waals surface area (Å²) in [6.07, 6.45) is 11.6. The summed E-state index contributed by atoms with van der Waals surface area (Å²) in [5.41, 5.74) is 7.57. The van der Waals surface area contributed by atoms with Gasteiger partial charge in [0.15, 0.2) is 0 Å². The van der Waals surface area contributed by atoms with Crippen molar-refractivity contribution in [1.29, 1.82) is 0 Å². The van der Waals surface area contributed by atoms with E-state index in [1.54, 1.807) is 6.08 Å². The Balaban J connectivity index is 2.57. The van der Waals surface area contributed by atoms with Gasteiger partial charge in [-0.3, -0.25) is 4.99 Å². The minimum Gasteiger partial charge on any atom is -0.261 e. The fourth-order valence-electron chi connectivity index (χ4n) is 3.76. The van der Waals surface area contributed by atoms with Crippen molar-refractivity contribution in [3.63, 3.8) is 0 Å². The molecule has 0 N–H and O–H groups in total. The lowest BCUT2D eigenvalue weighted by Gasteiger charge is -2.33. The van der Waals surface area contributed by atoms with Crippen LogP contribution >= 0.6 is 0 Å². The van der Waals surface area contributed by atoms with Gasteiger partial charge in [0.2, 0.25) is 0 Å². The van der Waals surface area contributed by atoms with Crippen molar-refractivity contribution in [3.05, 3.63) is 115 Å². The molecular formula is C28H33N. The molecule has 0 amide bonds. The molecule has 0 spiro atoms. The highest BCUT2D eigenvalue weighted by molar-refractivity contribution is 5.72. The van der Waals surface area contributed by atoms with E-state index in [1.807, 2.05) is 31.4 Å². The lowest BCUT2D eigenvalue weighted by Crippen LogP contribution is -2.19. The van der Waals surface area contributed by atoms with Gasteiger partial charge in [0.25, 0.3) is 0 Å². The fourth-order valence-corrected chi connectivity index (χ4v) is 3.76. The third-order valence-corrected chi connectivity index (χ3v) is 5.57. The van der Waals surface area contributed by atoms with Gasteiger partial charge < -0.3 is 0 Å². The molecule has 150 valence electrons. The van der Waals surface area contributed by atoms with E-state index >= 15 is 0 Å². The molecule has 0 bridgehead atoms. The minimum atomic E-state index is 0.236. The molecule has 0 heterocycles. The Bertz CT molecular complexity index is 903. The zero-order chi connectivity index (χ0) is 21.4. The Labute approximate surface area is 177 Å². The highest BCUT2D eigenvalue weighted by Gasteiger charge is 2.30. The average Bonchev–Trinajstić information content (AvgIpc) is 2.76. The first-order chi connectivity index (χ1) is 14.0. The first-order valence-electron chi connectivity index (χ1n) is 10.3. The predicted octanol–water partition coefficient (Wildman–Crippen LogP) is 7.89. The number of hydrogen-bond donors (Lipinski definition) is 0. The monoisotopic (exact) mass is 383 g/mol. The summed E-state index contributed by atoms with van der Waals surface area (Å²) in [4.78, 5) is 4.82. The van der Waals surface area contributed by atoms with Gasteiger partial charge in [-0.2, -0.15) is 0 Å². The van der Waals surface area contributed by atoms with Crippen LogP contribution in [0.5, 0.6) is 0 Å². The quantitative estimate of drug-likeness (QED) is 0.304. The largest absolute Gasteiger partial charge is 0.261 e. The number of benzene rings is 1. The molecule has 1 aromatic rings. The molecule has 1 nitrogen and oxygen atoms in total. The van der Waals surface area contributed by atoms with E-state index in [9.17, 15) is 0 Å². The number of allylic oxidation sites excluding steroid dienone is 8. The summed E-state index contributed by atoms with van der Waals surface area (Å²) in [7, 11) is 0. The molecule has 2 rings (SSSR count). The molecule has 2 atom stereocenters. The predicted molar refractivity (Wildman–Crippen MR) is 130 cm³/mol. The van der Waals surface area contributed by atoms with E-state index < -0.39 is 0 Å². The molecule has 1 heteroatoms. The summed E-state index contributed by atoms with van der Waals surface area (Å²) in [6.45, 7) is 23.2. The second-order valence-corrected chi connectivity index (χ2v) is 7.40. The second-order valence-electron chi connectivity index (χ2n) is 7.40. The minimum absolute atomic E-state index is 0.236. The van der Waals surface area contributed by atoms with Gasteiger partial charge in [-0.1, -0.05) is 94.8 Å². The van der Waals surface area contributed by atoms with Gasteiger partial charge in [0.05, 0.1) is 5.70 Å². The maximum atomic E-state index is 4.82. The highest BCUT2D eigenvalue weighted by Crippen LogP contribution is 2.44. The Kier molecular flexibility index (Phi) is 8.15. The first kappa shape index (κ1) is 22.4. The van der Waals surface area contributed by atoms with E-state index in [1.165, 1.54) is 11.1 Å². The Morgan fingerprint density at radius 3 is 2.48 bits per heavy atom. The van der Waals surface area contributed by atoms with Crippen LogP contribution in [0.3, 0.4) is 0 Å². The SMILES string of the molecule is C=C/C=C\C(=C)C(=C)C1=CCC(C(=C)c2ccccc2)C(C(C)CC)=C1/N=C\C. The third kappa shape index (κ3) is 5.12. The number of aliphatic imine (C=N–C) groups is 1. The van der Waals surface area contributed by atoms with Crippen molar-refractivity contribution in [2.24, 2.45) is 16.8 Å². The fraction of sp³-hybridized carbons (Fsp3) is 0.250. The van der Waals surface area contributed by atoms with Crippen LogP contribution in [-0.4, -0.2) is 6.21 Å². The van der Waals surface area contributed by atoms with Crippen LogP contribution in [0.25, 0.3) is 5.57 Å². The summed E-state index contributed by atoms with van der Waals surface area (Å²) in [5.74, 6) is 0.632. The van der Waals surface area contributed by atoms with E-state index in [-0.39, 0.29) is 5.92 Å². The Morgan fingerprint density at radius 2 is 1.90 bits per heavy atom. The van der Waals surface area contributed by atoms with Crippen LogP contribution in [0, 0.1) is 11.8 Å². The molecule has 0 aliphatic heterocycles. The molecular weight excluding hydrogens is 350 g/mol. The number of rotatable bonds is 9. The van der Waals surface area contributed by atoms with Crippen LogP contribution in [0.1, 0.15) is 39.2 Å². The zero-order valence-electron chi connectivity index (χ0n) is 18.1. The van der Waals surface area contributed by atoms with Crippen LogP contribution in [-0.2, 0) is 0 Å². The van der Waals surface area contributed by atoms with E-state index in [0.717, 1.165) is 40.8 Å². The van der Waals surface area contributed by atoms with Crippen LogP contribution < -0.4 is 0 Å². The average molecular weight is 384 g/mol. The number of hydrogen-bond acceptors (Lipinski definition) is 1. The van der Waals surface area contributed by atoms with E-state index in [2.05, 4.69) is 70.5 Å². The van der Waals surface area contributed by atoms with E-state index in [4.69, 9.17) is 4.99 Å². The molecule has 1 aliphatic carbocycles. The Morgan fingerprint density at radius 1 is 1.21 bits per heavy atom. The van der Waals surface area contributed by atoms with Crippen molar-refractivity contribution in [3.8, 4) is 0 Å². The summed E-state index contributed by atoms with van der Waals surface area (Å²) >= 11 is 0. The summed E-state index contributed by atoms with van der Waals surface area (Å²) in [6, 6.07) is 10.5. The third-order valence-electron chi connectivity index (χ3n) is 5.57. The topological polar surface area (TPSA) is 12.4 Å². The molecule has 1 aliphatic rings. The van der Waals surface area contributed by atoms with Gasteiger partial charge >= 0.3 is 0 Å². The zero-order valence-corrected chi connectivity index (χ0v) is 18.1. The van der Waals surface area contributed by atoms with Crippen LogP contribution in [0.15, 0.2) is 114 Å². The first-order valence-corrected chi connectivity index (χ1v) is 10.3. The van der Waals surface area contributed by atoms with Crippen molar-refractivity contribution >= 4 is 11.8 Å². The normalized spacial score (nSPS) is 18.0. The van der Waals surface area contributed by atoms with Crippen molar-refractivity contribution < 1.29 is 0 Å². The smallest absolute Gasteiger partial charge is 0.0701 e. The molecule has 0 fully saturated rings. The summed E-state index contributed by atoms with van der Waals surface area (Å²) < 4.78 is 0. The van der Waals surface area contributed by atoms with Gasteiger partial charge in [-0.05, 0) is 53.5 Å². The van der Waals surface area contributed by atoms with Crippen molar-refractivity contribution in [2.75, 3.05) is 0 Å². The van der Waals surface area contributed by atoms with E-state index in [0.29, 0.717) is 5.92 Å².